The highest BCUT2D eigenvalue weighted by molar-refractivity contribution is 7.98. The quantitative estimate of drug-likeness (QED) is 0.836. The smallest absolute Gasteiger partial charge is 0.225 e. The fourth-order valence-corrected chi connectivity index (χ4v) is 1.98. The summed E-state index contributed by atoms with van der Waals surface area (Å²) in [6.07, 6.45) is 3.70. The lowest BCUT2D eigenvalue weighted by atomic mass is 10.3. The largest absolute Gasteiger partial charge is 0.438 e. The van der Waals surface area contributed by atoms with E-state index in [4.69, 9.17) is 4.74 Å². The zero-order chi connectivity index (χ0) is 12.8. The Balaban J connectivity index is 2.20. The molecule has 2 rings (SSSR count). The fourth-order valence-electron chi connectivity index (χ4n) is 1.46. The highest BCUT2D eigenvalue weighted by atomic mass is 32.2. The van der Waals surface area contributed by atoms with E-state index >= 15 is 0 Å². The van der Waals surface area contributed by atoms with Crippen molar-refractivity contribution in [2.24, 2.45) is 0 Å². The maximum absolute atomic E-state index is 5.78. The lowest BCUT2D eigenvalue weighted by molar-refractivity contribution is 0.451. The second-order valence-electron chi connectivity index (χ2n) is 3.50. The first-order valence-corrected chi connectivity index (χ1v) is 6.93. The van der Waals surface area contributed by atoms with E-state index in [1.54, 1.807) is 24.0 Å². The van der Waals surface area contributed by atoms with Gasteiger partial charge in [-0.1, -0.05) is 12.1 Å². The van der Waals surface area contributed by atoms with Gasteiger partial charge in [-0.05, 0) is 25.3 Å². The molecule has 0 atom stereocenters. The Hall–Kier alpha value is -1.75. The maximum atomic E-state index is 5.78. The number of thioether (sulfide) groups is 1. The Kier molecular flexibility index (Phi) is 4.41. The molecular formula is C13H15N3OS. The van der Waals surface area contributed by atoms with Crippen molar-refractivity contribution in [2.75, 3.05) is 18.1 Å². The zero-order valence-electron chi connectivity index (χ0n) is 10.4. The van der Waals surface area contributed by atoms with Crippen LogP contribution < -0.4 is 10.1 Å². The molecule has 0 spiro atoms. The van der Waals surface area contributed by atoms with Crippen molar-refractivity contribution >= 4 is 17.7 Å². The molecule has 18 heavy (non-hydrogen) atoms. The number of aromatic nitrogens is 2. The van der Waals surface area contributed by atoms with E-state index in [2.05, 4.69) is 15.3 Å². The van der Waals surface area contributed by atoms with Gasteiger partial charge in [0.1, 0.15) is 5.75 Å². The topological polar surface area (TPSA) is 47.0 Å². The highest BCUT2D eigenvalue weighted by Crippen LogP contribution is 2.30. The van der Waals surface area contributed by atoms with Gasteiger partial charge in [-0.3, -0.25) is 0 Å². The molecule has 1 aromatic carbocycles. The number of rotatable bonds is 5. The minimum Gasteiger partial charge on any atom is -0.438 e. The van der Waals surface area contributed by atoms with Crippen LogP contribution in [0.5, 0.6) is 11.6 Å². The normalized spacial score (nSPS) is 10.1. The number of benzene rings is 1. The number of hydrogen-bond donors (Lipinski definition) is 1. The van der Waals surface area contributed by atoms with Gasteiger partial charge in [-0.2, -0.15) is 4.98 Å². The van der Waals surface area contributed by atoms with Gasteiger partial charge in [-0.15, -0.1) is 11.8 Å². The van der Waals surface area contributed by atoms with Crippen molar-refractivity contribution in [1.82, 2.24) is 9.97 Å². The summed E-state index contributed by atoms with van der Waals surface area (Å²) in [5.74, 6) is 1.94. The third-order valence-corrected chi connectivity index (χ3v) is 3.03. The SMILES string of the molecule is CCNc1nccc(Oc2ccccc2SC)n1. The van der Waals surface area contributed by atoms with Gasteiger partial charge in [0.15, 0.2) is 0 Å². The van der Waals surface area contributed by atoms with Gasteiger partial charge in [0.25, 0.3) is 0 Å². The molecule has 0 fully saturated rings. The molecule has 0 amide bonds. The molecule has 0 aliphatic heterocycles. The third kappa shape index (κ3) is 3.13. The number of hydrogen-bond acceptors (Lipinski definition) is 5. The minimum atomic E-state index is 0.544. The fraction of sp³-hybridized carbons (Fsp3) is 0.231. The molecular weight excluding hydrogens is 246 g/mol. The average molecular weight is 261 g/mol. The predicted molar refractivity (Wildman–Crippen MR) is 74.5 cm³/mol. The van der Waals surface area contributed by atoms with Crippen LogP contribution in [0.25, 0.3) is 0 Å². The summed E-state index contributed by atoms with van der Waals surface area (Å²) < 4.78 is 5.78. The van der Waals surface area contributed by atoms with Crippen molar-refractivity contribution in [1.29, 1.82) is 0 Å². The van der Waals surface area contributed by atoms with E-state index in [-0.39, 0.29) is 0 Å². The lowest BCUT2D eigenvalue weighted by Crippen LogP contribution is -2.02. The van der Waals surface area contributed by atoms with Gasteiger partial charge in [0, 0.05) is 23.7 Å². The van der Waals surface area contributed by atoms with Crippen molar-refractivity contribution in [3.63, 3.8) is 0 Å². The van der Waals surface area contributed by atoms with Gasteiger partial charge < -0.3 is 10.1 Å². The number of ether oxygens (including phenoxy) is 1. The molecule has 0 aliphatic rings. The van der Waals surface area contributed by atoms with Crippen LogP contribution in [0.15, 0.2) is 41.4 Å². The molecule has 1 heterocycles. The first-order valence-electron chi connectivity index (χ1n) is 5.71. The Bertz CT molecular complexity index is 519. The summed E-state index contributed by atoms with van der Waals surface area (Å²) >= 11 is 1.65. The van der Waals surface area contributed by atoms with E-state index in [0.29, 0.717) is 11.8 Å². The van der Waals surface area contributed by atoms with Gasteiger partial charge in [0.2, 0.25) is 11.8 Å². The average Bonchev–Trinajstić information content (AvgIpc) is 2.40. The maximum Gasteiger partial charge on any atom is 0.225 e. The second kappa shape index (κ2) is 6.26. The van der Waals surface area contributed by atoms with E-state index in [1.807, 2.05) is 37.4 Å². The summed E-state index contributed by atoms with van der Waals surface area (Å²) in [5, 5.41) is 3.05. The molecule has 0 radical (unpaired) electrons. The van der Waals surface area contributed by atoms with Crippen LogP contribution in [0.2, 0.25) is 0 Å². The van der Waals surface area contributed by atoms with E-state index in [1.165, 1.54) is 0 Å². The molecule has 0 unspecified atom stereocenters. The third-order valence-electron chi connectivity index (χ3n) is 2.25. The van der Waals surface area contributed by atoms with E-state index < -0.39 is 0 Å². The van der Waals surface area contributed by atoms with Crippen LogP contribution in [0.3, 0.4) is 0 Å². The molecule has 2 aromatic rings. The summed E-state index contributed by atoms with van der Waals surface area (Å²) in [4.78, 5) is 9.47. The van der Waals surface area contributed by atoms with Crippen LogP contribution in [0, 0.1) is 0 Å². The molecule has 0 aliphatic carbocycles. The van der Waals surface area contributed by atoms with Crippen molar-refractivity contribution in [3.8, 4) is 11.6 Å². The first-order chi connectivity index (χ1) is 8.83. The standard InChI is InChI=1S/C13H15N3OS/c1-3-14-13-15-9-8-12(16-13)17-10-6-4-5-7-11(10)18-2/h4-9H,3H2,1-2H3,(H,14,15,16). The Morgan fingerprint density at radius 2 is 2.11 bits per heavy atom. The number of para-hydroxylation sites is 1. The molecule has 1 aromatic heterocycles. The molecule has 4 nitrogen and oxygen atoms in total. The molecule has 1 N–H and O–H groups in total. The Morgan fingerprint density at radius 3 is 2.89 bits per heavy atom. The monoisotopic (exact) mass is 261 g/mol. The Morgan fingerprint density at radius 1 is 1.28 bits per heavy atom. The first kappa shape index (κ1) is 12.7. The number of nitrogens with zero attached hydrogens (tertiary/aromatic N) is 2. The molecule has 94 valence electrons. The molecule has 5 heteroatoms. The summed E-state index contributed by atoms with van der Waals surface area (Å²) in [6.45, 7) is 2.78. The van der Waals surface area contributed by atoms with Crippen molar-refractivity contribution < 1.29 is 4.74 Å². The van der Waals surface area contributed by atoms with Crippen LogP contribution in [-0.4, -0.2) is 22.8 Å². The van der Waals surface area contributed by atoms with E-state index in [9.17, 15) is 0 Å². The van der Waals surface area contributed by atoms with Crippen molar-refractivity contribution in [3.05, 3.63) is 36.5 Å². The number of anilines is 1. The van der Waals surface area contributed by atoms with Crippen molar-refractivity contribution in [2.45, 2.75) is 11.8 Å². The minimum absolute atomic E-state index is 0.544. The van der Waals surface area contributed by atoms with Gasteiger partial charge in [-0.25, -0.2) is 4.98 Å². The Labute approximate surface area is 111 Å². The summed E-state index contributed by atoms with van der Waals surface area (Å²) in [5.41, 5.74) is 0. The summed E-state index contributed by atoms with van der Waals surface area (Å²) in [6, 6.07) is 9.63. The van der Waals surface area contributed by atoms with Crippen LogP contribution in [-0.2, 0) is 0 Å². The molecule has 0 saturated heterocycles. The lowest BCUT2D eigenvalue weighted by Gasteiger charge is -2.09. The van der Waals surface area contributed by atoms with Gasteiger partial charge in [0.05, 0.1) is 0 Å². The molecule has 0 bridgehead atoms. The van der Waals surface area contributed by atoms with Crippen LogP contribution in [0.1, 0.15) is 6.92 Å². The predicted octanol–water partition coefficient (Wildman–Crippen LogP) is 3.42. The van der Waals surface area contributed by atoms with Gasteiger partial charge >= 0.3 is 0 Å². The number of nitrogens with one attached hydrogen (secondary N) is 1. The highest BCUT2D eigenvalue weighted by Gasteiger charge is 2.05. The molecule has 0 saturated carbocycles. The van der Waals surface area contributed by atoms with Crippen LogP contribution in [0.4, 0.5) is 5.95 Å². The zero-order valence-corrected chi connectivity index (χ0v) is 11.2. The second-order valence-corrected chi connectivity index (χ2v) is 4.35. The van der Waals surface area contributed by atoms with Crippen LogP contribution >= 0.6 is 11.8 Å². The summed E-state index contributed by atoms with van der Waals surface area (Å²) in [7, 11) is 0. The van der Waals surface area contributed by atoms with E-state index in [0.717, 1.165) is 17.2 Å².